The first kappa shape index (κ1) is 17.4. The zero-order valence-corrected chi connectivity index (χ0v) is 14.6. The SMILES string of the molecule is CCNC(C)(CCCCn1cc(I)cn1)C(=O)OCC. The fraction of sp³-hybridized carbons (Fsp3) is 0.714. The Hall–Kier alpha value is -0.630. The van der Waals surface area contributed by atoms with E-state index in [4.69, 9.17) is 4.74 Å². The number of aromatic nitrogens is 2. The Kier molecular flexibility index (Phi) is 7.50. The summed E-state index contributed by atoms with van der Waals surface area (Å²) in [6, 6.07) is 0. The van der Waals surface area contributed by atoms with Crippen LogP contribution in [0.4, 0.5) is 0 Å². The minimum absolute atomic E-state index is 0.157. The summed E-state index contributed by atoms with van der Waals surface area (Å²) in [6.45, 7) is 7.82. The summed E-state index contributed by atoms with van der Waals surface area (Å²) >= 11 is 2.25. The highest BCUT2D eigenvalue weighted by Gasteiger charge is 2.32. The number of carbonyl (C=O) groups is 1. The fourth-order valence-electron chi connectivity index (χ4n) is 2.16. The van der Waals surface area contributed by atoms with Crippen molar-refractivity contribution in [3.05, 3.63) is 16.0 Å². The van der Waals surface area contributed by atoms with Crippen LogP contribution in [-0.4, -0.2) is 34.4 Å². The van der Waals surface area contributed by atoms with Crippen LogP contribution >= 0.6 is 22.6 Å². The number of halogens is 1. The number of esters is 1. The van der Waals surface area contributed by atoms with Crippen molar-refractivity contribution in [2.24, 2.45) is 0 Å². The lowest BCUT2D eigenvalue weighted by molar-refractivity contribution is -0.150. The average molecular weight is 393 g/mol. The van der Waals surface area contributed by atoms with Crippen LogP contribution in [-0.2, 0) is 16.1 Å². The third-order valence-corrected chi connectivity index (χ3v) is 3.77. The number of hydrogen-bond donors (Lipinski definition) is 1. The van der Waals surface area contributed by atoms with Crippen LogP contribution in [0.2, 0.25) is 0 Å². The first-order valence-corrected chi connectivity index (χ1v) is 8.20. The maximum atomic E-state index is 12.0. The van der Waals surface area contributed by atoms with Crippen LogP contribution in [0.1, 0.15) is 40.0 Å². The normalized spacial score (nSPS) is 14.0. The molecule has 1 atom stereocenters. The Bertz CT molecular complexity index is 422. The Morgan fingerprint density at radius 3 is 2.80 bits per heavy atom. The molecule has 0 saturated heterocycles. The molecule has 0 aliphatic heterocycles. The summed E-state index contributed by atoms with van der Waals surface area (Å²) in [5.74, 6) is -0.157. The van der Waals surface area contributed by atoms with Crippen LogP contribution in [0.15, 0.2) is 12.4 Å². The second-order valence-corrected chi connectivity index (χ2v) is 6.21. The summed E-state index contributed by atoms with van der Waals surface area (Å²) in [6.07, 6.45) is 6.60. The van der Waals surface area contributed by atoms with Gasteiger partial charge in [-0.1, -0.05) is 6.92 Å². The summed E-state index contributed by atoms with van der Waals surface area (Å²) in [7, 11) is 0. The molecule has 5 nitrogen and oxygen atoms in total. The maximum Gasteiger partial charge on any atom is 0.326 e. The Balaban J connectivity index is 2.40. The highest BCUT2D eigenvalue weighted by molar-refractivity contribution is 14.1. The van der Waals surface area contributed by atoms with Gasteiger partial charge in [0.1, 0.15) is 5.54 Å². The van der Waals surface area contributed by atoms with E-state index in [0.717, 1.165) is 35.9 Å². The third kappa shape index (κ3) is 5.40. The molecule has 1 heterocycles. The maximum absolute atomic E-state index is 12.0. The van der Waals surface area contributed by atoms with E-state index in [1.807, 2.05) is 37.8 Å². The van der Waals surface area contributed by atoms with Gasteiger partial charge in [-0.25, -0.2) is 0 Å². The van der Waals surface area contributed by atoms with Crippen molar-refractivity contribution >= 4 is 28.6 Å². The predicted molar refractivity (Wildman–Crippen MR) is 87.5 cm³/mol. The van der Waals surface area contributed by atoms with E-state index in [-0.39, 0.29) is 5.97 Å². The number of ether oxygens (including phenoxy) is 1. The van der Waals surface area contributed by atoms with Crippen LogP contribution in [0.5, 0.6) is 0 Å². The van der Waals surface area contributed by atoms with Crippen LogP contribution in [0, 0.1) is 3.57 Å². The van der Waals surface area contributed by atoms with E-state index >= 15 is 0 Å². The number of nitrogens with zero attached hydrogens (tertiary/aromatic N) is 2. The smallest absolute Gasteiger partial charge is 0.326 e. The standard InChI is InChI=1S/C14H24IN3O2/c1-4-16-14(3,13(19)20-5-2)8-6-7-9-18-11-12(15)10-17-18/h10-11,16H,4-9H2,1-3H3. The molecule has 0 fully saturated rings. The zero-order chi connectivity index (χ0) is 15.0. The van der Waals surface area contributed by atoms with Gasteiger partial charge in [0, 0.05) is 12.7 Å². The molecule has 0 aliphatic carbocycles. The summed E-state index contributed by atoms with van der Waals surface area (Å²) in [5, 5.41) is 7.50. The molecule has 0 saturated carbocycles. The van der Waals surface area contributed by atoms with E-state index in [2.05, 4.69) is 33.0 Å². The zero-order valence-electron chi connectivity index (χ0n) is 12.5. The molecule has 1 aromatic heterocycles. The third-order valence-electron chi connectivity index (χ3n) is 3.21. The second-order valence-electron chi connectivity index (χ2n) is 4.96. The molecule has 114 valence electrons. The Labute approximate surface area is 134 Å². The van der Waals surface area contributed by atoms with Gasteiger partial charge in [-0.2, -0.15) is 5.10 Å². The van der Waals surface area contributed by atoms with Gasteiger partial charge in [-0.3, -0.25) is 9.48 Å². The van der Waals surface area contributed by atoms with Crippen molar-refractivity contribution in [2.75, 3.05) is 13.2 Å². The van der Waals surface area contributed by atoms with Gasteiger partial charge in [-0.15, -0.1) is 0 Å². The molecule has 0 radical (unpaired) electrons. The molecule has 0 spiro atoms. The lowest BCUT2D eigenvalue weighted by Gasteiger charge is -2.28. The largest absolute Gasteiger partial charge is 0.465 e. The Morgan fingerprint density at radius 1 is 1.50 bits per heavy atom. The molecule has 6 heteroatoms. The lowest BCUT2D eigenvalue weighted by atomic mass is 9.94. The van der Waals surface area contributed by atoms with Crippen molar-refractivity contribution in [1.82, 2.24) is 15.1 Å². The van der Waals surface area contributed by atoms with Gasteiger partial charge >= 0.3 is 5.97 Å². The Morgan fingerprint density at radius 2 is 2.25 bits per heavy atom. The monoisotopic (exact) mass is 393 g/mol. The first-order chi connectivity index (χ1) is 9.51. The molecule has 1 N–H and O–H groups in total. The van der Waals surface area contributed by atoms with Crippen molar-refractivity contribution in [3.63, 3.8) is 0 Å². The number of aryl methyl sites for hydroxylation is 1. The second kappa shape index (κ2) is 8.61. The molecule has 0 amide bonds. The van der Waals surface area contributed by atoms with Crippen LogP contribution in [0.25, 0.3) is 0 Å². The van der Waals surface area contributed by atoms with E-state index in [1.54, 1.807) is 0 Å². The van der Waals surface area contributed by atoms with Gasteiger partial charge in [0.05, 0.1) is 16.4 Å². The topological polar surface area (TPSA) is 56.2 Å². The number of hydrogen-bond acceptors (Lipinski definition) is 4. The molecular weight excluding hydrogens is 369 g/mol. The number of unbranched alkanes of at least 4 members (excludes halogenated alkanes) is 1. The van der Waals surface area contributed by atoms with E-state index in [0.29, 0.717) is 6.61 Å². The molecule has 0 aliphatic rings. The predicted octanol–water partition coefficient (Wildman–Crippen LogP) is 2.59. The van der Waals surface area contributed by atoms with Crippen LogP contribution in [0.3, 0.4) is 0 Å². The van der Waals surface area contributed by atoms with Gasteiger partial charge < -0.3 is 10.1 Å². The molecule has 1 aromatic rings. The van der Waals surface area contributed by atoms with E-state index in [1.165, 1.54) is 0 Å². The van der Waals surface area contributed by atoms with Crippen LogP contribution < -0.4 is 5.32 Å². The van der Waals surface area contributed by atoms with Gasteiger partial charge in [0.15, 0.2) is 0 Å². The summed E-state index contributed by atoms with van der Waals surface area (Å²) < 4.78 is 8.24. The molecule has 20 heavy (non-hydrogen) atoms. The van der Waals surface area contributed by atoms with Crippen molar-refractivity contribution in [3.8, 4) is 0 Å². The van der Waals surface area contributed by atoms with Crippen molar-refractivity contribution in [2.45, 2.75) is 52.1 Å². The quantitative estimate of drug-likeness (QED) is 0.398. The fourth-order valence-corrected chi connectivity index (χ4v) is 2.60. The molecule has 1 unspecified atom stereocenters. The molecule has 1 rings (SSSR count). The molecule has 0 aromatic carbocycles. The summed E-state index contributed by atoms with van der Waals surface area (Å²) in [5.41, 5.74) is -0.580. The minimum Gasteiger partial charge on any atom is -0.465 e. The van der Waals surface area contributed by atoms with Gasteiger partial charge in [0.2, 0.25) is 0 Å². The number of likely N-dealkylation sites (N-methyl/N-ethyl adjacent to an activating group) is 1. The average Bonchev–Trinajstić information content (AvgIpc) is 2.81. The van der Waals surface area contributed by atoms with Gasteiger partial charge in [0.25, 0.3) is 0 Å². The highest BCUT2D eigenvalue weighted by atomic mass is 127. The lowest BCUT2D eigenvalue weighted by Crippen LogP contribution is -2.50. The minimum atomic E-state index is -0.580. The number of carbonyl (C=O) groups excluding carboxylic acids is 1. The molecular formula is C14H24IN3O2. The van der Waals surface area contributed by atoms with Crippen molar-refractivity contribution in [1.29, 1.82) is 0 Å². The number of nitrogens with one attached hydrogen (secondary N) is 1. The first-order valence-electron chi connectivity index (χ1n) is 7.12. The number of rotatable bonds is 9. The summed E-state index contributed by atoms with van der Waals surface area (Å²) in [4.78, 5) is 12.0. The highest BCUT2D eigenvalue weighted by Crippen LogP contribution is 2.16. The van der Waals surface area contributed by atoms with Gasteiger partial charge in [-0.05, 0) is 62.2 Å². The molecule has 0 bridgehead atoms. The van der Waals surface area contributed by atoms with E-state index < -0.39 is 5.54 Å². The van der Waals surface area contributed by atoms with E-state index in [9.17, 15) is 4.79 Å². The van der Waals surface area contributed by atoms with Crippen molar-refractivity contribution < 1.29 is 9.53 Å².